The molecule has 0 fully saturated rings. The number of amides is 3. The van der Waals surface area contributed by atoms with Crippen LogP contribution in [0.4, 0.5) is 0 Å². The summed E-state index contributed by atoms with van der Waals surface area (Å²) in [5, 5.41) is 65.9. The molecule has 24 heteroatoms. The van der Waals surface area contributed by atoms with E-state index >= 15 is 0 Å². The Labute approximate surface area is 748 Å². The number of carbonyl (C=O) groups is 9. The van der Waals surface area contributed by atoms with E-state index in [4.69, 9.17) is 32.5 Å². The number of hydrogen-bond donors (Lipinski definition) is 12. The average Bonchev–Trinajstić information content (AvgIpc) is 0.937. The standard InChI is InChI=1S/C28H45NO3.C28H43NO3.C26H41NO3.3C6H14N2O2/c2*1-4-5-6-7-8-9-10-11-12-13-14-15-16-17-18-19-20-21-22-23-27(30)29-26(28(31)32)24-25(2)3;1-4-5-6-7-8-9-10-11-12-13-14-15-16-17-18-19-20-21-25(28)27-24(26(29)30)22-23(2)3;3*7-4-2-1-3-5(8)6(9)10/h5-6,8-9,11-12,14-15,17-18,25-26H,4,7,10,13,16,19-24H2,1-3H3,(H,29,30)(H,31,32);5-6,8-9,11-12,14-15,17-18,20-21,25-26H,4,7,10,13,16,19,22-24H2,1-3H3,(H,29,30)(H,31,32);5-6,8-9,11-12,14-15,17-18,23-24H,4,7,10,13,16,19-22H2,1-3H3,(H,27,28)(H,29,30);3*5H,1-4,7-8H2,(H,9,10)/b6-5-,9-8-,12-11-,15-14-,18-17-;6-5-,9-8-,12-11-,15-14-,18-17-,21-20-;6-5-,9-8-,12-11-,15-14-,18-17-;;;. The quantitative estimate of drug-likeness (QED) is 0.0199. The molecule has 0 spiro atoms. The molecular formula is C100H171N9O15. The molecule has 3 amide bonds. The first-order valence-electron chi connectivity index (χ1n) is 45.7. The summed E-state index contributed by atoms with van der Waals surface area (Å²) in [4.78, 5) is 99.2. The topological polar surface area (TPSA) is 481 Å². The van der Waals surface area contributed by atoms with E-state index in [2.05, 4.69) is 236 Å². The minimum absolute atomic E-state index is 0.182. The summed E-state index contributed by atoms with van der Waals surface area (Å²) in [6.45, 7) is 20.5. The number of hydrogen-bond acceptors (Lipinski definition) is 15. The molecule has 0 aromatic carbocycles. The summed E-state index contributed by atoms with van der Waals surface area (Å²) in [6, 6.07) is -4.76. The van der Waals surface area contributed by atoms with Gasteiger partial charge in [-0.3, -0.25) is 28.8 Å². The molecule has 124 heavy (non-hydrogen) atoms. The second-order valence-corrected chi connectivity index (χ2v) is 30.9. The molecule has 0 saturated heterocycles. The second-order valence-electron chi connectivity index (χ2n) is 30.9. The first-order valence-corrected chi connectivity index (χ1v) is 45.7. The summed E-state index contributed by atoms with van der Waals surface area (Å²) < 4.78 is 0. The van der Waals surface area contributed by atoms with Crippen LogP contribution >= 0.6 is 0 Å². The highest BCUT2D eigenvalue weighted by molar-refractivity contribution is 5.84. The summed E-state index contributed by atoms with van der Waals surface area (Å²) in [6.07, 6.45) is 100.0. The van der Waals surface area contributed by atoms with Crippen LogP contribution in [0, 0.1) is 17.8 Å². The van der Waals surface area contributed by atoms with Gasteiger partial charge in [-0.15, -0.1) is 0 Å². The minimum atomic E-state index is -1.22. The number of rotatable bonds is 69. The third-order valence-electron chi connectivity index (χ3n) is 17.5. The van der Waals surface area contributed by atoms with Gasteiger partial charge in [0.2, 0.25) is 17.7 Å². The molecule has 6 atom stereocenters. The van der Waals surface area contributed by atoms with Crippen molar-refractivity contribution in [2.24, 2.45) is 35.0 Å². The van der Waals surface area contributed by atoms with Gasteiger partial charge in [0.1, 0.15) is 18.1 Å². The van der Waals surface area contributed by atoms with Crippen LogP contribution in [-0.4, -0.2) is 125 Å². The molecule has 0 aliphatic rings. The van der Waals surface area contributed by atoms with Gasteiger partial charge in [-0.2, -0.15) is 0 Å². The van der Waals surface area contributed by atoms with Crippen LogP contribution in [0.5, 0.6) is 0 Å². The lowest BCUT2D eigenvalue weighted by molar-refractivity contribution is -0.368. The molecule has 0 saturated carbocycles. The first kappa shape index (κ1) is 126. The lowest BCUT2D eigenvalue weighted by Gasteiger charge is -2.21. The molecule has 706 valence electrons. The number of nitrogens with one attached hydrogen (secondary N) is 3. The van der Waals surface area contributed by atoms with Gasteiger partial charge < -0.3 is 95.4 Å². The Balaban J connectivity index is -0.000000360. The highest BCUT2D eigenvalue weighted by Gasteiger charge is 2.18. The van der Waals surface area contributed by atoms with E-state index < -0.39 is 72.1 Å². The number of carboxylic acids is 6. The zero-order valence-electron chi connectivity index (χ0n) is 77.8. The molecule has 0 aromatic heterocycles. The first-order chi connectivity index (χ1) is 59.4. The van der Waals surface area contributed by atoms with Crippen molar-refractivity contribution in [1.29, 1.82) is 0 Å². The fraction of sp³-hybridized carbons (Fsp3) is 0.590. The summed E-state index contributed by atoms with van der Waals surface area (Å²) in [7, 11) is 0. The Morgan fingerprint density at radius 1 is 0.274 bits per heavy atom. The van der Waals surface area contributed by atoms with Gasteiger partial charge in [0.25, 0.3) is 0 Å². The lowest BCUT2D eigenvalue weighted by Crippen LogP contribution is -2.50. The molecule has 6 unspecified atom stereocenters. The molecule has 24 nitrogen and oxygen atoms in total. The smallest absolute Gasteiger partial charge is 0.320 e. The van der Waals surface area contributed by atoms with E-state index in [0.29, 0.717) is 64.2 Å². The molecule has 0 rings (SSSR count). The molecule has 0 aliphatic carbocycles. The number of carboxylic acid groups (broad SMARTS) is 6. The van der Waals surface area contributed by atoms with E-state index in [0.717, 1.165) is 193 Å². The molecule has 0 aliphatic heterocycles. The molecule has 0 bridgehead atoms. The Bertz CT molecular complexity index is 3090. The van der Waals surface area contributed by atoms with Gasteiger partial charge >= 0.3 is 17.9 Å². The van der Waals surface area contributed by atoms with Crippen molar-refractivity contribution in [3.63, 3.8) is 0 Å². The van der Waals surface area contributed by atoms with Crippen LogP contribution in [0.25, 0.3) is 0 Å². The van der Waals surface area contributed by atoms with Crippen molar-refractivity contribution in [3.8, 4) is 0 Å². The maximum absolute atomic E-state index is 11.9. The third-order valence-corrected chi connectivity index (χ3v) is 17.5. The van der Waals surface area contributed by atoms with Crippen molar-refractivity contribution in [3.05, 3.63) is 194 Å². The fourth-order valence-electron chi connectivity index (χ4n) is 10.5. The maximum Gasteiger partial charge on any atom is 0.320 e. The third kappa shape index (κ3) is 107. The van der Waals surface area contributed by atoms with Crippen LogP contribution in [-0.2, 0) is 43.2 Å². The lowest BCUT2D eigenvalue weighted by atomic mass is 10.0. The monoisotopic (exact) mass is 1740 g/mol. The number of nitrogens with two attached hydrogens (primary N) is 3. The Kier molecular flexibility index (Phi) is 101. The Morgan fingerprint density at radius 3 is 0.685 bits per heavy atom. The summed E-state index contributed by atoms with van der Waals surface area (Å²) in [5.74, 6) is -6.48. The summed E-state index contributed by atoms with van der Waals surface area (Å²) in [5.41, 5.74) is 26.6. The molecular weight excluding hydrogens is 1570 g/mol. The van der Waals surface area contributed by atoms with Crippen LogP contribution in [0.15, 0.2) is 194 Å². The number of quaternary nitrogens is 3. The van der Waals surface area contributed by atoms with Gasteiger partial charge in [-0.05, 0) is 236 Å². The van der Waals surface area contributed by atoms with E-state index in [-0.39, 0.29) is 41.9 Å². The van der Waals surface area contributed by atoms with E-state index in [1.807, 2.05) is 53.7 Å². The molecule has 0 heterocycles. The highest BCUT2D eigenvalue weighted by atomic mass is 16.4. The normalized spacial score (nSPS) is 13.5. The largest absolute Gasteiger partial charge is 0.548 e. The van der Waals surface area contributed by atoms with E-state index in [1.54, 1.807) is 0 Å². The van der Waals surface area contributed by atoms with Crippen LogP contribution in [0.1, 0.15) is 306 Å². The number of aliphatic carboxylic acids is 6. The Hall–Kier alpha value is -9.17. The highest BCUT2D eigenvalue weighted by Crippen LogP contribution is 2.11. The fourth-order valence-corrected chi connectivity index (χ4v) is 10.5. The predicted molar refractivity (Wildman–Crippen MR) is 504 cm³/mol. The van der Waals surface area contributed by atoms with Crippen molar-refractivity contribution in [1.82, 2.24) is 16.0 Å². The van der Waals surface area contributed by atoms with Crippen molar-refractivity contribution in [2.75, 3.05) is 19.6 Å². The Morgan fingerprint density at radius 2 is 0.476 bits per heavy atom. The van der Waals surface area contributed by atoms with Crippen molar-refractivity contribution < 1.29 is 91.0 Å². The number of unbranched alkanes of at least 4 members (excludes halogenated alkanes) is 7. The SMILES string of the molecule is CC/C=C\C/C=C\C/C=C\C/C=C\C/C=C\C/C=C\CCC(=O)NC(CC(C)C)C(=O)[O-].CC/C=C\C/C=C\C/C=C\C/C=C\C/C=C\CCCC(=O)NC(CC(C)C)C(=O)[O-].CC/C=C\C/C=C\C/C=C\C/C=C\C/C=C\CCCCCC(=O)NC(CC(C)C)C(=O)[O-].NC(CCCC[NH3+])C(=O)O.NC(CCCC[NH3+])C(=O)O.NC(CCCC[NH3+])C(=O)O. The van der Waals surface area contributed by atoms with Gasteiger partial charge in [0.15, 0.2) is 0 Å². The van der Waals surface area contributed by atoms with Gasteiger partial charge in [0.05, 0.1) is 55.7 Å². The predicted octanol–water partition coefficient (Wildman–Crippen LogP) is 13.3. The zero-order valence-corrected chi connectivity index (χ0v) is 77.8. The van der Waals surface area contributed by atoms with Gasteiger partial charge in [-0.25, -0.2) is 0 Å². The van der Waals surface area contributed by atoms with Crippen LogP contribution < -0.4 is 65.7 Å². The average molecular weight is 1740 g/mol. The van der Waals surface area contributed by atoms with Gasteiger partial charge in [-0.1, -0.05) is 263 Å². The van der Waals surface area contributed by atoms with Crippen molar-refractivity contribution in [2.45, 2.75) is 343 Å². The summed E-state index contributed by atoms with van der Waals surface area (Å²) >= 11 is 0. The number of allylic oxidation sites excluding steroid dienone is 32. The van der Waals surface area contributed by atoms with Crippen LogP contribution in [0.2, 0.25) is 0 Å². The van der Waals surface area contributed by atoms with Crippen LogP contribution in [0.3, 0.4) is 0 Å². The van der Waals surface area contributed by atoms with E-state index in [1.165, 1.54) is 0 Å². The molecule has 0 radical (unpaired) electrons. The zero-order chi connectivity index (χ0) is 94.1. The van der Waals surface area contributed by atoms with E-state index in [9.17, 15) is 58.5 Å². The molecule has 21 N–H and O–H groups in total. The molecule has 0 aromatic rings. The maximum atomic E-state index is 11.9. The second kappa shape index (κ2) is 99.3. The number of carbonyl (C=O) groups excluding carboxylic acids is 6. The minimum Gasteiger partial charge on any atom is -0.548 e. The van der Waals surface area contributed by atoms with Gasteiger partial charge in [0, 0.05) is 19.3 Å². The van der Waals surface area contributed by atoms with Crippen molar-refractivity contribution >= 4 is 53.5 Å².